The van der Waals surface area contributed by atoms with E-state index in [-0.39, 0.29) is 6.03 Å². The molecular formula is C16H31N3O2. The number of morpholine rings is 1. The van der Waals surface area contributed by atoms with Crippen LogP contribution in [-0.4, -0.2) is 55.9 Å². The highest BCUT2D eigenvalue weighted by Gasteiger charge is 2.18. The van der Waals surface area contributed by atoms with E-state index in [1.807, 2.05) is 0 Å². The third kappa shape index (κ3) is 6.22. The van der Waals surface area contributed by atoms with Crippen LogP contribution in [0.4, 0.5) is 4.79 Å². The average molecular weight is 297 g/mol. The van der Waals surface area contributed by atoms with Gasteiger partial charge in [0, 0.05) is 31.7 Å². The zero-order valence-electron chi connectivity index (χ0n) is 13.4. The summed E-state index contributed by atoms with van der Waals surface area (Å²) in [5.74, 6) is 0. The summed E-state index contributed by atoms with van der Waals surface area (Å²) >= 11 is 0. The second-order valence-corrected chi connectivity index (χ2v) is 6.39. The second kappa shape index (κ2) is 9.26. The first kappa shape index (κ1) is 16.6. The Morgan fingerprint density at radius 1 is 1.14 bits per heavy atom. The van der Waals surface area contributed by atoms with Crippen LogP contribution < -0.4 is 10.6 Å². The van der Waals surface area contributed by atoms with Gasteiger partial charge in [0.05, 0.1) is 13.2 Å². The van der Waals surface area contributed by atoms with E-state index in [0.717, 1.165) is 39.1 Å². The molecule has 2 fully saturated rings. The van der Waals surface area contributed by atoms with E-state index in [1.54, 1.807) is 0 Å². The zero-order chi connectivity index (χ0) is 14.9. The lowest BCUT2D eigenvalue weighted by Crippen LogP contribution is -2.50. The van der Waals surface area contributed by atoms with Gasteiger partial charge in [0.15, 0.2) is 0 Å². The molecule has 0 radical (unpaired) electrons. The maximum atomic E-state index is 12.0. The molecule has 1 saturated heterocycles. The third-order valence-corrected chi connectivity index (χ3v) is 4.67. The lowest BCUT2D eigenvalue weighted by molar-refractivity contribution is 0.0209. The molecule has 5 heteroatoms. The number of hydrogen-bond acceptors (Lipinski definition) is 3. The SMILES string of the molecule is CC(CNC(=O)NC1CCCCCCC1)N1CCOCC1. The molecule has 2 amide bonds. The number of ether oxygens (including phenoxy) is 1. The Balaban J connectivity index is 1.63. The minimum Gasteiger partial charge on any atom is -0.379 e. The second-order valence-electron chi connectivity index (χ2n) is 6.39. The lowest BCUT2D eigenvalue weighted by atomic mass is 9.97. The summed E-state index contributed by atoms with van der Waals surface area (Å²) in [7, 11) is 0. The highest BCUT2D eigenvalue weighted by molar-refractivity contribution is 5.74. The quantitative estimate of drug-likeness (QED) is 0.836. The molecule has 1 aliphatic carbocycles. The maximum absolute atomic E-state index is 12.0. The molecule has 21 heavy (non-hydrogen) atoms. The van der Waals surface area contributed by atoms with Crippen LogP contribution in [0, 0.1) is 0 Å². The molecule has 0 bridgehead atoms. The first-order valence-electron chi connectivity index (χ1n) is 8.62. The molecule has 0 aromatic heterocycles. The molecule has 0 spiro atoms. The van der Waals surface area contributed by atoms with Gasteiger partial charge in [0.1, 0.15) is 0 Å². The Bertz CT molecular complexity index is 298. The highest BCUT2D eigenvalue weighted by Crippen LogP contribution is 2.16. The molecule has 0 aromatic rings. The van der Waals surface area contributed by atoms with E-state index in [9.17, 15) is 4.79 Å². The van der Waals surface area contributed by atoms with Crippen molar-refractivity contribution in [2.75, 3.05) is 32.8 Å². The molecule has 1 saturated carbocycles. The fourth-order valence-corrected chi connectivity index (χ4v) is 3.22. The number of nitrogens with zero attached hydrogens (tertiary/aromatic N) is 1. The molecule has 2 aliphatic rings. The van der Waals surface area contributed by atoms with Crippen LogP contribution in [0.3, 0.4) is 0 Å². The standard InChI is InChI=1S/C16H31N3O2/c1-14(19-9-11-21-12-10-19)13-17-16(20)18-15-7-5-3-2-4-6-8-15/h14-15H,2-13H2,1H3,(H2,17,18,20). The smallest absolute Gasteiger partial charge is 0.315 e. The van der Waals surface area contributed by atoms with Crippen molar-refractivity contribution < 1.29 is 9.53 Å². The van der Waals surface area contributed by atoms with Crippen LogP contribution in [0.1, 0.15) is 51.9 Å². The molecule has 1 unspecified atom stereocenters. The number of carbonyl (C=O) groups excluding carboxylic acids is 1. The fourth-order valence-electron chi connectivity index (χ4n) is 3.22. The monoisotopic (exact) mass is 297 g/mol. The Kier molecular flexibility index (Phi) is 7.30. The van der Waals surface area contributed by atoms with Crippen molar-refractivity contribution in [3.05, 3.63) is 0 Å². The molecule has 1 aliphatic heterocycles. The van der Waals surface area contributed by atoms with Gasteiger partial charge >= 0.3 is 6.03 Å². The van der Waals surface area contributed by atoms with Gasteiger partial charge in [0.25, 0.3) is 0 Å². The fraction of sp³-hybridized carbons (Fsp3) is 0.938. The number of hydrogen-bond donors (Lipinski definition) is 2. The van der Waals surface area contributed by atoms with Crippen LogP contribution >= 0.6 is 0 Å². The molecular weight excluding hydrogens is 266 g/mol. The summed E-state index contributed by atoms with van der Waals surface area (Å²) in [5, 5.41) is 6.18. The van der Waals surface area contributed by atoms with Crippen molar-refractivity contribution in [2.24, 2.45) is 0 Å². The summed E-state index contributed by atoms with van der Waals surface area (Å²) in [6.07, 6.45) is 8.74. The lowest BCUT2D eigenvalue weighted by Gasteiger charge is -2.32. The van der Waals surface area contributed by atoms with Gasteiger partial charge in [-0.05, 0) is 19.8 Å². The van der Waals surface area contributed by atoms with E-state index >= 15 is 0 Å². The average Bonchev–Trinajstić information content (AvgIpc) is 2.48. The molecule has 2 rings (SSSR count). The van der Waals surface area contributed by atoms with Crippen LogP contribution in [0.15, 0.2) is 0 Å². The first-order chi connectivity index (χ1) is 10.3. The minimum absolute atomic E-state index is 0.000632. The van der Waals surface area contributed by atoms with Crippen molar-refractivity contribution in [1.82, 2.24) is 15.5 Å². The highest BCUT2D eigenvalue weighted by atomic mass is 16.5. The number of urea groups is 1. The van der Waals surface area contributed by atoms with Crippen LogP contribution in [0.25, 0.3) is 0 Å². The van der Waals surface area contributed by atoms with Gasteiger partial charge in [0.2, 0.25) is 0 Å². The van der Waals surface area contributed by atoms with Gasteiger partial charge < -0.3 is 15.4 Å². The van der Waals surface area contributed by atoms with Crippen LogP contribution in [0.2, 0.25) is 0 Å². The predicted octanol–water partition coefficient (Wildman–Crippen LogP) is 2.12. The van der Waals surface area contributed by atoms with Gasteiger partial charge in [-0.25, -0.2) is 4.79 Å². The number of carbonyl (C=O) groups is 1. The van der Waals surface area contributed by atoms with E-state index in [1.165, 1.54) is 32.1 Å². The van der Waals surface area contributed by atoms with E-state index < -0.39 is 0 Å². The van der Waals surface area contributed by atoms with Gasteiger partial charge in [-0.3, -0.25) is 4.90 Å². The van der Waals surface area contributed by atoms with Crippen LogP contribution in [0.5, 0.6) is 0 Å². The van der Waals surface area contributed by atoms with E-state index in [2.05, 4.69) is 22.5 Å². The van der Waals surface area contributed by atoms with Gasteiger partial charge in [-0.1, -0.05) is 32.1 Å². The molecule has 5 nitrogen and oxygen atoms in total. The Hall–Kier alpha value is -0.810. The molecule has 2 N–H and O–H groups in total. The van der Waals surface area contributed by atoms with Crippen molar-refractivity contribution in [1.29, 1.82) is 0 Å². The Morgan fingerprint density at radius 2 is 1.76 bits per heavy atom. The van der Waals surface area contributed by atoms with E-state index in [0.29, 0.717) is 18.6 Å². The van der Waals surface area contributed by atoms with Crippen molar-refractivity contribution in [3.63, 3.8) is 0 Å². The summed E-state index contributed by atoms with van der Waals surface area (Å²) in [4.78, 5) is 14.4. The largest absolute Gasteiger partial charge is 0.379 e. The summed E-state index contributed by atoms with van der Waals surface area (Å²) < 4.78 is 5.36. The van der Waals surface area contributed by atoms with Crippen LogP contribution in [-0.2, 0) is 4.74 Å². The summed E-state index contributed by atoms with van der Waals surface area (Å²) in [6, 6.07) is 0.738. The van der Waals surface area contributed by atoms with Crippen molar-refractivity contribution >= 4 is 6.03 Å². The summed E-state index contributed by atoms with van der Waals surface area (Å²) in [5.41, 5.74) is 0. The zero-order valence-corrected chi connectivity index (χ0v) is 13.4. The minimum atomic E-state index is 0.000632. The number of nitrogens with one attached hydrogen (secondary N) is 2. The maximum Gasteiger partial charge on any atom is 0.315 e. The topological polar surface area (TPSA) is 53.6 Å². The predicted molar refractivity (Wildman–Crippen MR) is 84.5 cm³/mol. The Labute approximate surface area is 128 Å². The number of rotatable bonds is 4. The molecule has 0 aromatic carbocycles. The third-order valence-electron chi connectivity index (χ3n) is 4.67. The molecule has 1 heterocycles. The van der Waals surface area contributed by atoms with Crippen molar-refractivity contribution in [3.8, 4) is 0 Å². The molecule has 1 atom stereocenters. The van der Waals surface area contributed by atoms with Gasteiger partial charge in [-0.2, -0.15) is 0 Å². The number of amides is 2. The Morgan fingerprint density at radius 3 is 2.43 bits per heavy atom. The van der Waals surface area contributed by atoms with E-state index in [4.69, 9.17) is 4.74 Å². The molecule has 122 valence electrons. The van der Waals surface area contributed by atoms with Gasteiger partial charge in [-0.15, -0.1) is 0 Å². The first-order valence-corrected chi connectivity index (χ1v) is 8.62. The van der Waals surface area contributed by atoms with Crippen molar-refractivity contribution in [2.45, 2.75) is 64.0 Å². The summed E-state index contributed by atoms with van der Waals surface area (Å²) in [6.45, 7) is 6.41. The normalized spacial score (nSPS) is 23.9.